The number of methoxy groups -OCH3 is 1. The van der Waals surface area contributed by atoms with Gasteiger partial charge in [0.1, 0.15) is 0 Å². The largest absolute Gasteiger partial charge is 0.451 e. The second-order valence-corrected chi connectivity index (χ2v) is 11.0. The molecule has 1 unspecified atom stereocenters. The number of amides is 2. The Labute approximate surface area is 240 Å². The molecule has 4 aromatic rings. The van der Waals surface area contributed by atoms with Crippen LogP contribution in [0.1, 0.15) is 42.6 Å². The molecular formula is C33H36N4O4. The average molecular weight is 553 g/mol. The first-order valence-corrected chi connectivity index (χ1v) is 13.9. The summed E-state index contributed by atoms with van der Waals surface area (Å²) in [6, 6.07) is 26.2. The predicted molar refractivity (Wildman–Crippen MR) is 160 cm³/mol. The molecule has 1 atom stereocenters. The molecule has 0 spiro atoms. The van der Waals surface area contributed by atoms with E-state index in [0.29, 0.717) is 40.9 Å². The van der Waals surface area contributed by atoms with Crippen molar-refractivity contribution in [2.24, 2.45) is 5.92 Å². The highest BCUT2D eigenvalue weighted by atomic mass is 16.5. The number of ether oxygens (including phenoxy) is 1. The molecule has 8 nitrogen and oxygen atoms in total. The summed E-state index contributed by atoms with van der Waals surface area (Å²) in [6.07, 6.45) is 1.18. The number of nitrogens with one attached hydrogen (secondary N) is 1. The number of hydrogen-bond acceptors (Lipinski definition) is 6. The lowest BCUT2D eigenvalue weighted by Gasteiger charge is -2.39. The number of benzene rings is 3. The topological polar surface area (TPSA) is 95.0 Å². The van der Waals surface area contributed by atoms with Crippen LogP contribution in [0, 0.1) is 5.92 Å². The van der Waals surface area contributed by atoms with Crippen LogP contribution in [0.25, 0.3) is 22.2 Å². The summed E-state index contributed by atoms with van der Waals surface area (Å²) in [5.74, 6) is -0.337. The molecule has 41 heavy (non-hydrogen) atoms. The highest BCUT2D eigenvalue weighted by Gasteiger charge is 2.33. The van der Waals surface area contributed by atoms with E-state index in [1.165, 1.54) is 7.11 Å². The van der Waals surface area contributed by atoms with Gasteiger partial charge in [-0.15, -0.1) is 0 Å². The van der Waals surface area contributed by atoms with Crippen LogP contribution in [-0.2, 0) is 11.3 Å². The van der Waals surface area contributed by atoms with Crippen molar-refractivity contribution in [1.29, 1.82) is 0 Å². The van der Waals surface area contributed by atoms with Crippen LogP contribution in [0.15, 0.2) is 84.9 Å². The van der Waals surface area contributed by atoms with Crippen LogP contribution in [-0.4, -0.2) is 52.8 Å². The number of pyridine rings is 1. The Morgan fingerprint density at radius 1 is 1.02 bits per heavy atom. The van der Waals surface area contributed by atoms with Gasteiger partial charge in [-0.1, -0.05) is 66.7 Å². The number of aromatic nitrogens is 1. The summed E-state index contributed by atoms with van der Waals surface area (Å²) in [4.78, 5) is 34.4. The van der Waals surface area contributed by atoms with Gasteiger partial charge in [-0.2, -0.15) is 5.01 Å². The van der Waals surface area contributed by atoms with E-state index in [0.717, 1.165) is 35.5 Å². The van der Waals surface area contributed by atoms with E-state index in [9.17, 15) is 14.7 Å². The molecule has 0 bridgehead atoms. The zero-order valence-electron chi connectivity index (χ0n) is 23.7. The molecule has 2 heterocycles. The van der Waals surface area contributed by atoms with Gasteiger partial charge < -0.3 is 9.84 Å². The molecule has 1 aliphatic rings. The van der Waals surface area contributed by atoms with Gasteiger partial charge >= 0.3 is 6.09 Å². The molecule has 3 aromatic carbocycles. The number of nitrogens with zero attached hydrogens (tertiary/aromatic N) is 3. The number of anilines is 1. The fourth-order valence-electron chi connectivity index (χ4n) is 5.54. The predicted octanol–water partition coefficient (Wildman–Crippen LogP) is 5.80. The molecule has 1 aliphatic heterocycles. The van der Waals surface area contributed by atoms with E-state index < -0.39 is 17.6 Å². The lowest BCUT2D eigenvalue weighted by atomic mass is 9.84. The maximum Gasteiger partial charge on any atom is 0.433 e. The van der Waals surface area contributed by atoms with Crippen LogP contribution in [0.2, 0.25) is 0 Å². The summed E-state index contributed by atoms with van der Waals surface area (Å²) in [5.41, 5.74) is 5.98. The van der Waals surface area contributed by atoms with Crippen LogP contribution in [0.5, 0.6) is 0 Å². The van der Waals surface area contributed by atoms with Crippen molar-refractivity contribution in [2.45, 2.75) is 38.8 Å². The van der Waals surface area contributed by atoms with Gasteiger partial charge in [0, 0.05) is 29.6 Å². The SMILES string of the molecule is COC(=O)N(NC(=O)c1c(CN2CCCC(C(C)(C)O)C2)c(-c2ccccc2)nc2ccccc12)c1ccccc1. The quantitative estimate of drug-likeness (QED) is 0.294. The smallest absolute Gasteiger partial charge is 0.433 e. The van der Waals surface area contributed by atoms with E-state index in [-0.39, 0.29) is 5.92 Å². The number of likely N-dealkylation sites (tertiary alicyclic amines) is 1. The number of para-hydroxylation sites is 2. The fourth-order valence-corrected chi connectivity index (χ4v) is 5.54. The van der Waals surface area contributed by atoms with Crippen LogP contribution in [0.3, 0.4) is 0 Å². The Morgan fingerprint density at radius 2 is 1.68 bits per heavy atom. The Kier molecular flexibility index (Phi) is 8.33. The van der Waals surface area contributed by atoms with Crippen molar-refractivity contribution in [3.63, 3.8) is 0 Å². The lowest BCUT2D eigenvalue weighted by molar-refractivity contribution is -0.0198. The zero-order chi connectivity index (χ0) is 29.0. The Balaban J connectivity index is 1.65. The van der Waals surface area contributed by atoms with Gasteiger partial charge in [0.05, 0.1) is 35.2 Å². The Hall–Kier alpha value is -4.27. The highest BCUT2D eigenvalue weighted by Crippen LogP contribution is 2.34. The molecule has 212 valence electrons. The minimum Gasteiger partial charge on any atom is -0.451 e. The van der Waals surface area contributed by atoms with Crippen LogP contribution < -0.4 is 10.4 Å². The normalized spacial score (nSPS) is 15.9. The molecule has 1 saturated heterocycles. The van der Waals surface area contributed by atoms with Crippen molar-refractivity contribution in [3.05, 3.63) is 96.1 Å². The number of fused-ring (bicyclic) bond motifs is 1. The van der Waals surface area contributed by atoms with E-state index in [2.05, 4.69) is 10.3 Å². The molecule has 0 aliphatic carbocycles. The van der Waals surface area contributed by atoms with E-state index in [1.54, 1.807) is 24.3 Å². The summed E-state index contributed by atoms with van der Waals surface area (Å²) in [5, 5.41) is 12.6. The van der Waals surface area contributed by atoms with Gasteiger partial charge in [0.15, 0.2) is 0 Å². The highest BCUT2D eigenvalue weighted by molar-refractivity contribution is 6.10. The first kappa shape index (κ1) is 28.3. The maximum absolute atomic E-state index is 14.3. The van der Waals surface area contributed by atoms with Crippen molar-refractivity contribution >= 4 is 28.6 Å². The number of hydrogen-bond donors (Lipinski definition) is 2. The van der Waals surface area contributed by atoms with Crippen LogP contribution >= 0.6 is 0 Å². The average Bonchev–Trinajstić information content (AvgIpc) is 2.99. The number of aliphatic hydroxyl groups is 1. The van der Waals surface area contributed by atoms with Gasteiger partial charge in [0.25, 0.3) is 5.91 Å². The van der Waals surface area contributed by atoms with Crippen molar-refractivity contribution in [3.8, 4) is 11.3 Å². The van der Waals surface area contributed by atoms with Crippen molar-refractivity contribution in [1.82, 2.24) is 15.3 Å². The minimum absolute atomic E-state index is 0.106. The number of rotatable bonds is 6. The third kappa shape index (κ3) is 6.24. The third-order valence-electron chi connectivity index (χ3n) is 7.74. The molecule has 8 heteroatoms. The second kappa shape index (κ2) is 12.1. The Morgan fingerprint density at radius 3 is 2.37 bits per heavy atom. The van der Waals surface area contributed by atoms with E-state index in [1.807, 2.05) is 74.5 Å². The number of hydrazine groups is 1. The molecule has 0 radical (unpaired) electrons. The summed E-state index contributed by atoms with van der Waals surface area (Å²) >= 11 is 0. The molecule has 0 saturated carbocycles. The monoisotopic (exact) mass is 552 g/mol. The van der Waals surface area contributed by atoms with E-state index in [4.69, 9.17) is 9.72 Å². The Bertz CT molecular complexity index is 1520. The molecular weight excluding hydrogens is 516 g/mol. The number of carbonyl (C=O) groups excluding carboxylic acids is 2. The standard InChI is InChI=1S/C33H36N4O4/c1-33(2,40)24-15-12-20-36(21-24)22-27-29(31(38)35-37(32(39)41-3)25-16-8-5-9-17-25)26-18-10-11-19-28(26)34-30(27)23-13-6-4-7-14-23/h4-11,13-14,16-19,24,40H,12,15,20-22H2,1-3H3,(H,35,38). The molecule has 1 aromatic heterocycles. The van der Waals surface area contributed by atoms with Gasteiger partial charge in [-0.25, -0.2) is 9.78 Å². The first-order chi connectivity index (χ1) is 19.8. The first-order valence-electron chi connectivity index (χ1n) is 13.9. The third-order valence-corrected chi connectivity index (χ3v) is 7.74. The molecule has 2 amide bonds. The van der Waals surface area contributed by atoms with Gasteiger partial charge in [-0.05, 0) is 57.4 Å². The summed E-state index contributed by atoms with van der Waals surface area (Å²) in [6.45, 7) is 5.72. The maximum atomic E-state index is 14.3. The van der Waals surface area contributed by atoms with Crippen molar-refractivity contribution in [2.75, 3.05) is 25.2 Å². The minimum atomic E-state index is -0.806. The summed E-state index contributed by atoms with van der Waals surface area (Å²) in [7, 11) is 1.28. The van der Waals surface area contributed by atoms with Crippen molar-refractivity contribution < 1.29 is 19.4 Å². The lowest BCUT2D eigenvalue weighted by Crippen LogP contribution is -2.47. The number of piperidine rings is 1. The molecule has 2 N–H and O–H groups in total. The molecule has 5 rings (SSSR count). The molecule has 1 fully saturated rings. The van der Waals surface area contributed by atoms with E-state index >= 15 is 0 Å². The van der Waals surface area contributed by atoms with Gasteiger partial charge in [-0.3, -0.25) is 15.1 Å². The van der Waals surface area contributed by atoms with Crippen LogP contribution in [0.4, 0.5) is 10.5 Å². The van der Waals surface area contributed by atoms with Gasteiger partial charge in [0.2, 0.25) is 0 Å². The fraction of sp³-hybridized carbons (Fsp3) is 0.303. The summed E-state index contributed by atoms with van der Waals surface area (Å²) < 4.78 is 5.01. The second-order valence-electron chi connectivity index (χ2n) is 11.0. The number of carbonyl (C=O) groups is 2. The zero-order valence-corrected chi connectivity index (χ0v) is 23.7.